The standard InChI is InChI=1S/C19H18F3N5O2S/c20-19(21,22)15-6-5-14(12-3-1-11(2-4-12)13-7-8-24-9-13)16(17(15)30(23,28)29)18-25-10-26-27-18/h1-6,13,24H,7-10H2,(H2,23,28,29). The van der Waals surface area contributed by atoms with Crippen LogP contribution in [0.25, 0.3) is 11.1 Å². The summed E-state index contributed by atoms with van der Waals surface area (Å²) in [6.45, 7) is 1.69. The van der Waals surface area contributed by atoms with Gasteiger partial charge >= 0.3 is 6.18 Å². The van der Waals surface area contributed by atoms with E-state index >= 15 is 0 Å². The van der Waals surface area contributed by atoms with E-state index in [2.05, 4.69) is 20.5 Å². The van der Waals surface area contributed by atoms with E-state index in [1.807, 2.05) is 12.1 Å². The van der Waals surface area contributed by atoms with Crippen LogP contribution in [0.2, 0.25) is 0 Å². The summed E-state index contributed by atoms with van der Waals surface area (Å²) in [7, 11) is -4.75. The molecular weight excluding hydrogens is 419 g/mol. The third-order valence-corrected chi connectivity index (χ3v) is 6.17. The van der Waals surface area contributed by atoms with E-state index in [1.54, 1.807) is 12.1 Å². The van der Waals surface area contributed by atoms with Gasteiger partial charge in [-0.2, -0.15) is 18.3 Å². The zero-order valence-electron chi connectivity index (χ0n) is 15.6. The molecule has 0 saturated carbocycles. The smallest absolute Gasteiger partial charge is 0.316 e. The van der Waals surface area contributed by atoms with E-state index < -0.39 is 26.7 Å². The van der Waals surface area contributed by atoms with Gasteiger partial charge in [0.2, 0.25) is 10.0 Å². The van der Waals surface area contributed by atoms with Crippen LogP contribution in [0, 0.1) is 0 Å². The van der Waals surface area contributed by atoms with Gasteiger partial charge in [-0.05, 0) is 41.6 Å². The Morgan fingerprint density at radius 2 is 1.83 bits per heavy atom. The van der Waals surface area contributed by atoms with Gasteiger partial charge in [0.15, 0.2) is 12.5 Å². The summed E-state index contributed by atoms with van der Waals surface area (Å²) >= 11 is 0. The molecule has 2 aliphatic rings. The van der Waals surface area contributed by atoms with E-state index in [9.17, 15) is 21.6 Å². The number of aliphatic imine (C=N–C) groups is 1. The minimum absolute atomic E-state index is 0.0945. The number of benzene rings is 2. The number of nitrogens with zero attached hydrogens (tertiary/aromatic N) is 3. The molecule has 2 aliphatic heterocycles. The Kier molecular flexibility index (Phi) is 5.20. The second kappa shape index (κ2) is 7.56. The van der Waals surface area contributed by atoms with Gasteiger partial charge in [-0.25, -0.2) is 18.5 Å². The number of sulfonamides is 1. The number of hydrogen-bond donors (Lipinski definition) is 2. The Morgan fingerprint density at radius 1 is 1.10 bits per heavy atom. The van der Waals surface area contributed by atoms with Gasteiger partial charge in [0.05, 0.1) is 5.56 Å². The normalized spacial score (nSPS) is 19.3. The molecule has 30 heavy (non-hydrogen) atoms. The first kappa shape index (κ1) is 20.6. The molecule has 0 radical (unpaired) electrons. The highest BCUT2D eigenvalue weighted by atomic mass is 32.2. The monoisotopic (exact) mass is 437 g/mol. The second-order valence-electron chi connectivity index (χ2n) is 7.08. The van der Waals surface area contributed by atoms with Crippen LogP contribution in [0.5, 0.6) is 0 Å². The molecule has 1 atom stereocenters. The van der Waals surface area contributed by atoms with Crippen LogP contribution in [-0.2, 0) is 16.2 Å². The maximum atomic E-state index is 13.6. The van der Waals surface area contributed by atoms with Crippen molar-refractivity contribution in [2.75, 3.05) is 19.8 Å². The summed E-state index contributed by atoms with van der Waals surface area (Å²) in [4.78, 5) is 2.91. The first-order valence-corrected chi connectivity index (χ1v) is 10.7. The molecule has 4 rings (SSSR count). The molecule has 0 aliphatic carbocycles. The predicted octanol–water partition coefficient (Wildman–Crippen LogP) is 3.27. The second-order valence-corrected chi connectivity index (χ2v) is 8.58. The minimum atomic E-state index is -4.93. The van der Waals surface area contributed by atoms with E-state index in [4.69, 9.17) is 5.14 Å². The Morgan fingerprint density at radius 3 is 2.37 bits per heavy atom. The van der Waals surface area contributed by atoms with Crippen LogP contribution in [0.15, 0.2) is 56.5 Å². The average molecular weight is 437 g/mol. The fraction of sp³-hybridized carbons (Fsp3) is 0.316. The van der Waals surface area contributed by atoms with Crippen LogP contribution in [0.1, 0.15) is 29.0 Å². The van der Waals surface area contributed by atoms with Crippen LogP contribution < -0.4 is 10.5 Å². The number of hydrogen-bond acceptors (Lipinski definition) is 6. The lowest BCUT2D eigenvalue weighted by molar-refractivity contribution is -0.139. The Balaban J connectivity index is 1.93. The number of primary sulfonamides is 1. The van der Waals surface area contributed by atoms with E-state index in [1.165, 1.54) is 6.07 Å². The van der Waals surface area contributed by atoms with Gasteiger partial charge in [0.25, 0.3) is 0 Å². The van der Waals surface area contributed by atoms with Crippen molar-refractivity contribution in [1.29, 1.82) is 0 Å². The van der Waals surface area contributed by atoms with Crippen molar-refractivity contribution in [3.63, 3.8) is 0 Å². The topological polar surface area (TPSA) is 109 Å². The lowest BCUT2D eigenvalue weighted by atomic mass is 9.92. The number of amidine groups is 1. The van der Waals surface area contributed by atoms with Gasteiger partial charge in [-0.3, -0.25) is 0 Å². The van der Waals surface area contributed by atoms with Crippen LogP contribution >= 0.6 is 0 Å². The van der Waals surface area contributed by atoms with Crippen molar-refractivity contribution >= 4 is 15.9 Å². The summed E-state index contributed by atoms with van der Waals surface area (Å²) in [6.07, 6.45) is -3.93. The number of halogens is 3. The molecule has 0 bridgehead atoms. The van der Waals surface area contributed by atoms with Crippen LogP contribution in [0.4, 0.5) is 13.2 Å². The molecule has 0 spiro atoms. The molecule has 0 amide bonds. The number of rotatable bonds is 4. The summed E-state index contributed by atoms with van der Waals surface area (Å²) in [5.74, 6) is 0.170. The largest absolute Gasteiger partial charge is 0.417 e. The first-order valence-electron chi connectivity index (χ1n) is 9.16. The maximum Gasteiger partial charge on any atom is 0.417 e. The lowest BCUT2D eigenvalue weighted by Gasteiger charge is -2.18. The SMILES string of the molecule is NS(=O)(=O)c1c(C(F)(F)F)ccc(-c2ccc(C3CCNC3)cc2)c1C1=NCN=N1. The maximum absolute atomic E-state index is 13.6. The highest BCUT2D eigenvalue weighted by Gasteiger charge is 2.40. The molecule has 3 N–H and O–H groups in total. The highest BCUT2D eigenvalue weighted by Crippen LogP contribution is 2.40. The Hall–Kier alpha value is -2.63. The van der Waals surface area contributed by atoms with Crippen molar-refractivity contribution in [2.24, 2.45) is 20.4 Å². The first-order chi connectivity index (χ1) is 14.2. The number of azo groups is 1. The summed E-state index contributed by atoms with van der Waals surface area (Å²) in [6, 6.07) is 9.22. The lowest BCUT2D eigenvalue weighted by Crippen LogP contribution is -2.23. The zero-order chi connectivity index (χ0) is 21.5. The third-order valence-electron chi connectivity index (χ3n) is 5.17. The Bertz CT molecular complexity index is 1140. The quantitative estimate of drug-likeness (QED) is 0.766. The average Bonchev–Trinajstić information content (AvgIpc) is 3.39. The Labute approximate surface area is 171 Å². The molecule has 158 valence electrons. The van der Waals surface area contributed by atoms with Crippen molar-refractivity contribution in [3.8, 4) is 11.1 Å². The van der Waals surface area contributed by atoms with Crippen molar-refractivity contribution < 1.29 is 21.6 Å². The number of nitrogens with two attached hydrogens (primary N) is 1. The minimum Gasteiger partial charge on any atom is -0.316 e. The fourth-order valence-corrected chi connectivity index (χ4v) is 4.77. The molecule has 0 aromatic heterocycles. The van der Waals surface area contributed by atoms with Gasteiger partial charge in [0.1, 0.15) is 4.90 Å². The molecular formula is C19H18F3N5O2S. The van der Waals surface area contributed by atoms with E-state index in [0.717, 1.165) is 31.1 Å². The van der Waals surface area contributed by atoms with Crippen molar-refractivity contribution in [2.45, 2.75) is 23.4 Å². The van der Waals surface area contributed by atoms with E-state index in [0.29, 0.717) is 11.5 Å². The van der Waals surface area contributed by atoms with Gasteiger partial charge < -0.3 is 5.32 Å². The van der Waals surface area contributed by atoms with Gasteiger partial charge in [-0.15, -0.1) is 5.11 Å². The van der Waals surface area contributed by atoms with Gasteiger partial charge in [-0.1, -0.05) is 30.3 Å². The molecule has 2 aromatic carbocycles. The van der Waals surface area contributed by atoms with Crippen molar-refractivity contribution in [3.05, 3.63) is 53.1 Å². The summed E-state index contributed by atoms with van der Waals surface area (Å²) in [5.41, 5.74) is 0.221. The molecule has 1 fully saturated rings. The molecule has 1 saturated heterocycles. The van der Waals surface area contributed by atoms with Crippen molar-refractivity contribution in [1.82, 2.24) is 5.32 Å². The highest BCUT2D eigenvalue weighted by molar-refractivity contribution is 7.89. The molecule has 1 unspecified atom stereocenters. The summed E-state index contributed by atoms with van der Waals surface area (Å²) < 4.78 is 65.2. The fourth-order valence-electron chi connectivity index (χ4n) is 3.80. The van der Waals surface area contributed by atoms with Gasteiger partial charge in [0, 0.05) is 12.1 Å². The zero-order valence-corrected chi connectivity index (χ0v) is 16.5. The molecule has 2 heterocycles. The molecule has 2 aromatic rings. The molecule has 7 nitrogen and oxygen atoms in total. The molecule has 11 heteroatoms. The van der Waals surface area contributed by atoms with Crippen LogP contribution in [-0.4, -0.2) is 34.0 Å². The summed E-state index contributed by atoms with van der Waals surface area (Å²) in [5, 5.41) is 15.9. The number of nitrogens with one attached hydrogen (secondary N) is 1. The van der Waals surface area contributed by atoms with Crippen LogP contribution in [0.3, 0.4) is 0 Å². The third kappa shape index (κ3) is 3.87. The number of alkyl halides is 3. The predicted molar refractivity (Wildman–Crippen MR) is 105 cm³/mol. The van der Waals surface area contributed by atoms with E-state index in [-0.39, 0.29) is 23.6 Å².